The Hall–Kier alpha value is -3.13. The number of hydrogen-bond donors (Lipinski definition) is 0. The number of carbonyl (C=O) groups is 3. The van der Waals surface area contributed by atoms with E-state index < -0.39 is 40.8 Å². The topological polar surface area (TPSA) is 82.1 Å². The Labute approximate surface area is 234 Å². The van der Waals surface area contributed by atoms with Gasteiger partial charge in [-0.2, -0.15) is 0 Å². The van der Waals surface area contributed by atoms with Crippen molar-refractivity contribution in [2.24, 2.45) is 5.41 Å². The second kappa shape index (κ2) is 11.5. The molecule has 2 atom stereocenters. The molecule has 1 fully saturated rings. The van der Waals surface area contributed by atoms with Crippen LogP contribution in [0.5, 0.6) is 0 Å². The molecule has 212 valence electrons. The number of nitrogens with zero attached hydrogens (tertiary/aromatic N) is 1. The summed E-state index contributed by atoms with van der Waals surface area (Å²) in [4.78, 5) is 40.3. The second-order valence-corrected chi connectivity index (χ2v) is 12.4. The van der Waals surface area contributed by atoms with Crippen LogP contribution in [0.1, 0.15) is 66.9 Å². The fourth-order valence-electron chi connectivity index (χ4n) is 4.56. The van der Waals surface area contributed by atoms with Gasteiger partial charge in [-0.1, -0.05) is 42.8 Å². The summed E-state index contributed by atoms with van der Waals surface area (Å²) in [6.45, 7) is 11.9. The number of imide groups is 1. The lowest BCUT2D eigenvalue weighted by atomic mass is 9.82. The molecule has 0 aliphatic carbocycles. The molecule has 2 aromatic carbocycles. The summed E-state index contributed by atoms with van der Waals surface area (Å²) in [5.74, 6) is -0.840. The lowest BCUT2D eigenvalue weighted by molar-refractivity contribution is -0.138. The minimum atomic E-state index is -1.11. The Bertz CT molecular complexity index is 1220. The van der Waals surface area contributed by atoms with Crippen LogP contribution in [0.3, 0.4) is 0 Å². The fourth-order valence-corrected chi connectivity index (χ4v) is 4.74. The van der Waals surface area contributed by atoms with Gasteiger partial charge in [-0.25, -0.2) is 18.9 Å². The number of ether oxygens (including phenoxy) is 3. The Morgan fingerprint density at radius 2 is 1.64 bits per heavy atom. The van der Waals surface area contributed by atoms with E-state index in [0.29, 0.717) is 29.0 Å². The lowest BCUT2D eigenvalue weighted by Crippen LogP contribution is -2.45. The molecule has 9 heteroatoms. The van der Waals surface area contributed by atoms with E-state index in [1.165, 1.54) is 12.1 Å². The van der Waals surface area contributed by atoms with Crippen molar-refractivity contribution in [3.63, 3.8) is 0 Å². The van der Waals surface area contributed by atoms with Crippen molar-refractivity contribution >= 4 is 29.8 Å². The van der Waals surface area contributed by atoms with Gasteiger partial charge in [0.05, 0.1) is 5.41 Å². The smallest absolute Gasteiger partial charge is 0.443 e. The molecule has 0 bridgehead atoms. The maximum absolute atomic E-state index is 14.3. The molecule has 39 heavy (non-hydrogen) atoms. The minimum Gasteiger partial charge on any atom is -0.443 e. The normalized spacial score (nSPS) is 19.7. The van der Waals surface area contributed by atoms with Crippen molar-refractivity contribution in [1.82, 2.24) is 4.90 Å². The third-order valence-electron chi connectivity index (χ3n) is 6.45. The van der Waals surface area contributed by atoms with Crippen molar-refractivity contribution in [3.8, 4) is 11.1 Å². The molecule has 0 spiro atoms. The molecule has 0 N–H and O–H groups in total. The molecular formula is C30H37ClFNO6. The predicted octanol–water partition coefficient (Wildman–Crippen LogP) is 7.57. The summed E-state index contributed by atoms with van der Waals surface area (Å²) in [5, 5.41) is 0.428. The summed E-state index contributed by atoms with van der Waals surface area (Å²) in [6.07, 6.45) is -0.661. The number of benzene rings is 2. The zero-order valence-corrected chi connectivity index (χ0v) is 24.4. The number of rotatable bonds is 6. The van der Waals surface area contributed by atoms with Crippen LogP contribution in [0.4, 0.5) is 14.0 Å². The summed E-state index contributed by atoms with van der Waals surface area (Å²) in [6, 6.07) is 11.0. The predicted molar refractivity (Wildman–Crippen MR) is 147 cm³/mol. The summed E-state index contributed by atoms with van der Waals surface area (Å²) in [5.41, 5.74) is -0.796. The highest BCUT2D eigenvalue weighted by molar-refractivity contribution is 6.30. The van der Waals surface area contributed by atoms with Crippen LogP contribution in [0.25, 0.3) is 11.1 Å². The Kier molecular flexibility index (Phi) is 9.00. The van der Waals surface area contributed by atoms with Gasteiger partial charge in [-0.15, -0.1) is 0 Å². The second-order valence-electron chi connectivity index (χ2n) is 11.9. The van der Waals surface area contributed by atoms with E-state index in [4.69, 9.17) is 25.8 Å². The molecule has 2 amide bonds. The third-order valence-corrected chi connectivity index (χ3v) is 6.69. The van der Waals surface area contributed by atoms with E-state index in [9.17, 15) is 18.8 Å². The van der Waals surface area contributed by atoms with Crippen molar-refractivity contribution in [3.05, 3.63) is 58.9 Å². The SMILES string of the molecule is CCC1(COC(=O)OC(C)(C)C)C[C@@H](Cc2ccc(-c3cc(Cl)ccc3F)cc2)N(C(=O)OC(C)(C)C)C1=O. The largest absolute Gasteiger partial charge is 0.508 e. The molecular weight excluding hydrogens is 525 g/mol. The lowest BCUT2D eigenvalue weighted by Gasteiger charge is -2.28. The highest BCUT2D eigenvalue weighted by Crippen LogP contribution is 2.42. The third kappa shape index (κ3) is 7.72. The first-order valence-corrected chi connectivity index (χ1v) is 13.4. The zero-order chi connectivity index (χ0) is 29.2. The van der Waals surface area contributed by atoms with E-state index in [1.807, 2.05) is 19.1 Å². The Morgan fingerprint density at radius 3 is 2.21 bits per heavy atom. The van der Waals surface area contributed by atoms with Gasteiger partial charge in [-0.3, -0.25) is 4.79 Å². The van der Waals surface area contributed by atoms with Crippen LogP contribution in [-0.2, 0) is 25.4 Å². The molecule has 1 aliphatic heterocycles. The van der Waals surface area contributed by atoms with Crippen molar-refractivity contribution in [1.29, 1.82) is 0 Å². The van der Waals surface area contributed by atoms with E-state index in [-0.39, 0.29) is 18.8 Å². The maximum Gasteiger partial charge on any atom is 0.508 e. The van der Waals surface area contributed by atoms with E-state index in [0.717, 1.165) is 10.5 Å². The molecule has 0 aromatic heterocycles. The van der Waals surface area contributed by atoms with Gasteiger partial charge in [0, 0.05) is 16.6 Å². The number of likely N-dealkylation sites (tertiary alicyclic amines) is 1. The summed E-state index contributed by atoms with van der Waals surface area (Å²) in [7, 11) is 0. The minimum absolute atomic E-state index is 0.222. The molecule has 0 saturated carbocycles. The monoisotopic (exact) mass is 561 g/mol. The maximum atomic E-state index is 14.3. The first kappa shape index (κ1) is 30.4. The number of amides is 2. The average Bonchev–Trinajstić information content (AvgIpc) is 3.09. The Balaban J connectivity index is 1.87. The first-order chi connectivity index (χ1) is 18.0. The average molecular weight is 562 g/mol. The molecule has 2 aromatic rings. The van der Waals surface area contributed by atoms with Crippen LogP contribution in [0, 0.1) is 11.2 Å². The fraction of sp³-hybridized carbons (Fsp3) is 0.500. The molecule has 7 nitrogen and oxygen atoms in total. The number of carbonyl (C=O) groups excluding carboxylic acids is 3. The van der Waals surface area contributed by atoms with E-state index >= 15 is 0 Å². The standard InChI is InChI=1S/C30H37ClFNO6/c1-8-30(18-37-27(36)39-29(5,6)7)17-22(33(25(30)34)26(35)38-28(2,3)4)15-19-9-11-20(12-10-19)23-16-21(31)13-14-24(23)32/h9-14,16,22H,8,15,17-18H2,1-7H3/t22-,30?/m1/s1. The van der Waals surface area contributed by atoms with Gasteiger partial charge in [0.15, 0.2) is 0 Å². The summed E-state index contributed by atoms with van der Waals surface area (Å²) >= 11 is 6.05. The number of halogens is 2. The molecule has 1 saturated heterocycles. The van der Waals surface area contributed by atoms with E-state index in [2.05, 4.69) is 0 Å². The first-order valence-electron chi connectivity index (χ1n) is 13.0. The zero-order valence-electron chi connectivity index (χ0n) is 23.6. The van der Waals surface area contributed by atoms with Crippen molar-refractivity contribution in [2.45, 2.75) is 85.0 Å². The molecule has 0 radical (unpaired) electrons. The molecule has 3 rings (SSSR count). The van der Waals surface area contributed by atoms with Gasteiger partial charge >= 0.3 is 12.2 Å². The van der Waals surface area contributed by atoms with Crippen LogP contribution >= 0.6 is 11.6 Å². The van der Waals surface area contributed by atoms with Crippen LogP contribution in [0.2, 0.25) is 5.02 Å². The summed E-state index contributed by atoms with van der Waals surface area (Å²) < 4.78 is 30.5. The van der Waals surface area contributed by atoms with Crippen LogP contribution in [-0.4, -0.2) is 46.9 Å². The molecule has 1 heterocycles. The van der Waals surface area contributed by atoms with Gasteiger partial charge in [0.2, 0.25) is 5.91 Å². The van der Waals surface area contributed by atoms with E-state index in [1.54, 1.807) is 59.7 Å². The van der Waals surface area contributed by atoms with Gasteiger partial charge in [0.1, 0.15) is 23.6 Å². The Morgan fingerprint density at radius 1 is 1.03 bits per heavy atom. The van der Waals surface area contributed by atoms with Crippen molar-refractivity contribution < 1.29 is 33.0 Å². The molecule has 1 unspecified atom stereocenters. The van der Waals surface area contributed by atoms with Gasteiger partial charge in [0.25, 0.3) is 0 Å². The highest BCUT2D eigenvalue weighted by atomic mass is 35.5. The van der Waals surface area contributed by atoms with Crippen LogP contribution in [0.15, 0.2) is 42.5 Å². The molecule has 1 aliphatic rings. The van der Waals surface area contributed by atoms with Gasteiger partial charge in [-0.05, 0) is 90.1 Å². The quantitative estimate of drug-likeness (QED) is 0.338. The number of hydrogen-bond acceptors (Lipinski definition) is 6. The highest BCUT2D eigenvalue weighted by Gasteiger charge is 2.54. The van der Waals surface area contributed by atoms with Crippen LogP contribution < -0.4 is 0 Å². The van der Waals surface area contributed by atoms with Crippen molar-refractivity contribution in [2.75, 3.05) is 6.61 Å². The van der Waals surface area contributed by atoms with Gasteiger partial charge < -0.3 is 14.2 Å².